The fourth-order valence-corrected chi connectivity index (χ4v) is 3.93. The lowest BCUT2D eigenvalue weighted by Gasteiger charge is -2.11. The molecule has 0 unspecified atom stereocenters. The van der Waals surface area contributed by atoms with Crippen molar-refractivity contribution in [3.63, 3.8) is 0 Å². The summed E-state index contributed by atoms with van der Waals surface area (Å²) in [5.74, 6) is -0.465. The normalized spacial score (nSPS) is 11.4. The standard InChI is InChI=1S/C14H14BrFN2O2S/c1-9-2-4-11(7-13(9)16)18-21(19,20)14-5-3-10(8-17)6-12(14)15/h2-7,18H,8,17H2,1H3. The molecule has 3 N–H and O–H groups in total. The number of benzene rings is 2. The van der Waals surface area contributed by atoms with Crippen molar-refractivity contribution < 1.29 is 12.8 Å². The summed E-state index contributed by atoms with van der Waals surface area (Å²) >= 11 is 3.21. The van der Waals surface area contributed by atoms with Crippen LogP contribution in [0.15, 0.2) is 45.8 Å². The topological polar surface area (TPSA) is 72.2 Å². The summed E-state index contributed by atoms with van der Waals surface area (Å²) in [4.78, 5) is 0.0701. The molecule has 0 saturated carbocycles. The molecule has 0 heterocycles. The minimum Gasteiger partial charge on any atom is -0.326 e. The van der Waals surface area contributed by atoms with E-state index in [1.54, 1.807) is 19.1 Å². The number of hydrogen-bond donors (Lipinski definition) is 2. The molecule has 2 aromatic carbocycles. The smallest absolute Gasteiger partial charge is 0.263 e. The van der Waals surface area contributed by atoms with Crippen LogP contribution in [0.4, 0.5) is 10.1 Å². The molecule has 2 aromatic rings. The fraction of sp³-hybridized carbons (Fsp3) is 0.143. The molecule has 0 bridgehead atoms. The Bertz CT molecular complexity index is 779. The third kappa shape index (κ3) is 3.61. The molecule has 112 valence electrons. The molecule has 0 radical (unpaired) electrons. The average Bonchev–Trinajstić information content (AvgIpc) is 2.42. The second-order valence-corrected chi connectivity index (χ2v) is 7.04. The predicted octanol–water partition coefficient (Wildman–Crippen LogP) is 3.16. The van der Waals surface area contributed by atoms with Gasteiger partial charge in [0.05, 0.1) is 5.69 Å². The largest absolute Gasteiger partial charge is 0.326 e. The number of anilines is 1. The summed E-state index contributed by atoms with van der Waals surface area (Å²) in [5, 5.41) is 0. The van der Waals surface area contributed by atoms with Crippen LogP contribution >= 0.6 is 15.9 Å². The highest BCUT2D eigenvalue weighted by atomic mass is 79.9. The van der Waals surface area contributed by atoms with Gasteiger partial charge in [-0.15, -0.1) is 0 Å². The van der Waals surface area contributed by atoms with Crippen molar-refractivity contribution in [2.45, 2.75) is 18.4 Å². The van der Waals surface area contributed by atoms with Crippen molar-refractivity contribution in [1.29, 1.82) is 0 Å². The molecule has 0 atom stereocenters. The molecule has 21 heavy (non-hydrogen) atoms. The van der Waals surface area contributed by atoms with Gasteiger partial charge in [-0.25, -0.2) is 12.8 Å². The lowest BCUT2D eigenvalue weighted by Crippen LogP contribution is -2.14. The van der Waals surface area contributed by atoms with E-state index in [0.717, 1.165) is 11.6 Å². The van der Waals surface area contributed by atoms with Gasteiger partial charge in [-0.2, -0.15) is 0 Å². The van der Waals surface area contributed by atoms with E-state index >= 15 is 0 Å². The third-order valence-corrected chi connectivity index (χ3v) is 5.30. The monoisotopic (exact) mass is 372 g/mol. The Morgan fingerprint density at radius 1 is 1.24 bits per heavy atom. The Morgan fingerprint density at radius 2 is 1.95 bits per heavy atom. The van der Waals surface area contributed by atoms with Crippen LogP contribution in [0.3, 0.4) is 0 Å². The summed E-state index contributed by atoms with van der Waals surface area (Å²) in [5.41, 5.74) is 6.94. The van der Waals surface area contributed by atoms with Gasteiger partial charge in [0.2, 0.25) is 0 Å². The Kier molecular flexibility index (Phi) is 4.65. The summed E-state index contributed by atoms with van der Waals surface area (Å²) in [6.45, 7) is 1.92. The molecule has 0 aliphatic heterocycles. The van der Waals surface area contributed by atoms with E-state index in [2.05, 4.69) is 20.7 Å². The maximum atomic E-state index is 13.5. The molecular weight excluding hydrogens is 359 g/mol. The first-order valence-electron chi connectivity index (χ1n) is 6.11. The SMILES string of the molecule is Cc1ccc(NS(=O)(=O)c2ccc(CN)cc2Br)cc1F. The van der Waals surface area contributed by atoms with E-state index in [0.29, 0.717) is 16.6 Å². The number of sulfonamides is 1. The Morgan fingerprint density at radius 3 is 2.52 bits per heavy atom. The molecule has 0 fully saturated rings. The van der Waals surface area contributed by atoms with Crippen LogP contribution in [-0.4, -0.2) is 8.42 Å². The van der Waals surface area contributed by atoms with E-state index in [1.807, 2.05) is 0 Å². The number of nitrogens with one attached hydrogen (secondary N) is 1. The second kappa shape index (κ2) is 6.13. The van der Waals surface area contributed by atoms with E-state index in [9.17, 15) is 12.8 Å². The average molecular weight is 373 g/mol. The molecule has 2 rings (SSSR count). The summed E-state index contributed by atoms with van der Waals surface area (Å²) in [7, 11) is -3.80. The van der Waals surface area contributed by atoms with E-state index in [4.69, 9.17) is 5.73 Å². The van der Waals surface area contributed by atoms with Crippen molar-refractivity contribution in [2.75, 3.05) is 4.72 Å². The van der Waals surface area contributed by atoms with Crippen LogP contribution < -0.4 is 10.5 Å². The Hall–Kier alpha value is -1.44. The Labute approximate surface area is 131 Å². The van der Waals surface area contributed by atoms with Crippen molar-refractivity contribution >= 4 is 31.6 Å². The first-order chi connectivity index (χ1) is 9.83. The summed E-state index contributed by atoms with van der Waals surface area (Å²) < 4.78 is 40.9. The van der Waals surface area contributed by atoms with Crippen molar-refractivity contribution in [3.8, 4) is 0 Å². The highest BCUT2D eigenvalue weighted by Gasteiger charge is 2.18. The van der Waals surface area contributed by atoms with Gasteiger partial charge in [0, 0.05) is 11.0 Å². The van der Waals surface area contributed by atoms with Crippen molar-refractivity contribution in [3.05, 3.63) is 57.8 Å². The fourth-order valence-electron chi connectivity index (χ4n) is 1.76. The molecule has 4 nitrogen and oxygen atoms in total. The first kappa shape index (κ1) is 15.9. The van der Waals surface area contributed by atoms with Gasteiger partial charge in [-0.05, 0) is 58.2 Å². The summed E-state index contributed by atoms with van der Waals surface area (Å²) in [6.07, 6.45) is 0. The number of aryl methyl sites for hydroxylation is 1. The number of hydrogen-bond acceptors (Lipinski definition) is 3. The number of nitrogens with two attached hydrogens (primary N) is 1. The zero-order valence-corrected chi connectivity index (χ0v) is 13.6. The number of halogens is 2. The molecule has 0 saturated heterocycles. The predicted molar refractivity (Wildman–Crippen MR) is 84.0 cm³/mol. The highest BCUT2D eigenvalue weighted by Crippen LogP contribution is 2.26. The third-order valence-electron chi connectivity index (χ3n) is 2.95. The van der Waals surface area contributed by atoms with Crippen LogP contribution in [0, 0.1) is 12.7 Å². The van der Waals surface area contributed by atoms with Gasteiger partial charge in [-0.3, -0.25) is 4.72 Å². The van der Waals surface area contributed by atoms with Gasteiger partial charge in [0.25, 0.3) is 10.0 Å². The minimum absolute atomic E-state index is 0.0701. The molecule has 7 heteroatoms. The van der Waals surface area contributed by atoms with Gasteiger partial charge in [0.1, 0.15) is 10.7 Å². The van der Waals surface area contributed by atoms with Crippen molar-refractivity contribution in [1.82, 2.24) is 0 Å². The molecule has 0 amide bonds. The van der Waals surface area contributed by atoms with Gasteiger partial charge in [0.15, 0.2) is 0 Å². The van der Waals surface area contributed by atoms with Crippen LogP contribution in [0.25, 0.3) is 0 Å². The second-order valence-electron chi connectivity index (χ2n) is 4.54. The highest BCUT2D eigenvalue weighted by molar-refractivity contribution is 9.10. The quantitative estimate of drug-likeness (QED) is 0.865. The molecule has 0 aliphatic carbocycles. The molecular formula is C14H14BrFN2O2S. The van der Waals surface area contributed by atoms with Gasteiger partial charge in [-0.1, -0.05) is 12.1 Å². The maximum Gasteiger partial charge on any atom is 0.263 e. The maximum absolute atomic E-state index is 13.5. The van der Waals surface area contributed by atoms with Gasteiger partial charge < -0.3 is 5.73 Å². The molecule has 0 aliphatic rings. The van der Waals surface area contributed by atoms with E-state index < -0.39 is 15.8 Å². The molecule has 0 aromatic heterocycles. The first-order valence-corrected chi connectivity index (χ1v) is 8.38. The lowest BCUT2D eigenvalue weighted by molar-refractivity contribution is 0.600. The van der Waals surface area contributed by atoms with Gasteiger partial charge >= 0.3 is 0 Å². The molecule has 0 spiro atoms. The van der Waals surface area contributed by atoms with Crippen LogP contribution in [-0.2, 0) is 16.6 Å². The zero-order valence-electron chi connectivity index (χ0n) is 11.2. The summed E-state index contributed by atoms with van der Waals surface area (Å²) in [6, 6.07) is 8.91. The number of rotatable bonds is 4. The Balaban J connectivity index is 2.36. The zero-order chi connectivity index (χ0) is 15.6. The van der Waals surface area contributed by atoms with E-state index in [-0.39, 0.29) is 10.6 Å². The van der Waals surface area contributed by atoms with Crippen LogP contribution in [0.2, 0.25) is 0 Å². The lowest BCUT2D eigenvalue weighted by atomic mass is 10.2. The minimum atomic E-state index is -3.80. The van der Waals surface area contributed by atoms with E-state index in [1.165, 1.54) is 18.2 Å². The van der Waals surface area contributed by atoms with Crippen LogP contribution in [0.1, 0.15) is 11.1 Å². The van der Waals surface area contributed by atoms with Crippen LogP contribution in [0.5, 0.6) is 0 Å². The van der Waals surface area contributed by atoms with Crippen molar-refractivity contribution in [2.24, 2.45) is 5.73 Å².